The molecule has 5 atom stereocenters. The molecule has 1 aliphatic heterocycles. The summed E-state index contributed by atoms with van der Waals surface area (Å²) in [6.07, 6.45) is 3.36. The molecule has 1 aromatic carbocycles. The van der Waals surface area contributed by atoms with Crippen molar-refractivity contribution in [3.05, 3.63) is 52.8 Å². The second-order valence-electron chi connectivity index (χ2n) is 9.76. The number of carbonyl (C=O) groups excluding carboxylic acids is 2. The van der Waals surface area contributed by atoms with Gasteiger partial charge in [-0.15, -0.1) is 0 Å². The molecule has 29 heavy (non-hydrogen) atoms. The number of carbonyl (C=O) groups is 2. The zero-order chi connectivity index (χ0) is 20.4. The molecule has 4 nitrogen and oxygen atoms in total. The largest absolute Gasteiger partial charge is 0.362 e. The number of imide groups is 1. The molecule has 0 radical (unpaired) electrons. The van der Waals surface area contributed by atoms with Crippen LogP contribution < -0.4 is 4.90 Å². The number of nitrogens with one attached hydrogen (secondary N) is 1. The van der Waals surface area contributed by atoms with Crippen LogP contribution in [0.4, 0.5) is 5.69 Å². The van der Waals surface area contributed by atoms with Crippen LogP contribution in [-0.2, 0) is 9.59 Å². The predicted octanol–water partition coefficient (Wildman–Crippen LogP) is 5.07. The molecule has 1 aromatic heterocycles. The van der Waals surface area contributed by atoms with E-state index in [2.05, 4.69) is 31.8 Å². The number of H-pyrrole nitrogens is 1. The first-order valence-corrected chi connectivity index (χ1v) is 11.0. The number of benzene rings is 1. The lowest BCUT2D eigenvalue weighted by Gasteiger charge is -2.44. The molecule has 1 saturated carbocycles. The van der Waals surface area contributed by atoms with Gasteiger partial charge in [0.25, 0.3) is 0 Å². The third-order valence-electron chi connectivity index (χ3n) is 7.71. The van der Waals surface area contributed by atoms with Crippen molar-refractivity contribution in [2.45, 2.75) is 58.8 Å². The van der Waals surface area contributed by atoms with Gasteiger partial charge in [0.05, 0.1) is 17.5 Å². The van der Waals surface area contributed by atoms with E-state index in [0.29, 0.717) is 23.4 Å². The summed E-state index contributed by atoms with van der Waals surface area (Å²) in [4.78, 5) is 32.3. The SMILES string of the molecule is Cc1ccc(N2C(=O)[C@H]3[C@H]4CC(C(C)C)CC[C@H]4c4[nH]c(C)cc4[C@H]3C2=O)cc1. The van der Waals surface area contributed by atoms with E-state index in [0.717, 1.165) is 29.7 Å². The molecule has 5 rings (SSSR count). The Morgan fingerprint density at radius 2 is 1.76 bits per heavy atom. The van der Waals surface area contributed by atoms with E-state index in [1.807, 2.05) is 31.2 Å². The third-order valence-corrected chi connectivity index (χ3v) is 7.71. The van der Waals surface area contributed by atoms with Gasteiger partial charge in [0.1, 0.15) is 0 Å². The molecular formula is C25H30N2O2. The summed E-state index contributed by atoms with van der Waals surface area (Å²) in [5.41, 5.74) is 5.23. The highest BCUT2D eigenvalue weighted by molar-refractivity contribution is 6.24. The Hall–Kier alpha value is -2.36. The molecule has 2 amide bonds. The van der Waals surface area contributed by atoms with Gasteiger partial charge in [-0.1, -0.05) is 31.5 Å². The second kappa shape index (κ2) is 6.58. The van der Waals surface area contributed by atoms with E-state index in [1.165, 1.54) is 17.0 Å². The van der Waals surface area contributed by atoms with Crippen LogP contribution in [-0.4, -0.2) is 16.8 Å². The number of amides is 2. The molecule has 3 aliphatic rings. The molecule has 152 valence electrons. The number of hydrogen-bond acceptors (Lipinski definition) is 2. The molecule has 2 aromatic rings. The summed E-state index contributed by atoms with van der Waals surface area (Å²) >= 11 is 0. The van der Waals surface area contributed by atoms with Crippen LogP contribution in [0.5, 0.6) is 0 Å². The van der Waals surface area contributed by atoms with E-state index < -0.39 is 0 Å². The zero-order valence-corrected chi connectivity index (χ0v) is 17.7. The number of aromatic nitrogens is 1. The Balaban J connectivity index is 1.61. The van der Waals surface area contributed by atoms with Gasteiger partial charge in [-0.25, -0.2) is 4.90 Å². The highest BCUT2D eigenvalue weighted by Gasteiger charge is 2.58. The zero-order valence-electron chi connectivity index (χ0n) is 17.7. The van der Waals surface area contributed by atoms with E-state index in [-0.39, 0.29) is 29.6 Å². The average molecular weight is 391 g/mol. The number of aryl methyl sites for hydroxylation is 2. The molecule has 4 heteroatoms. The van der Waals surface area contributed by atoms with Gasteiger partial charge in [0, 0.05) is 17.3 Å². The number of fused-ring (bicyclic) bond motifs is 6. The van der Waals surface area contributed by atoms with Crippen molar-refractivity contribution < 1.29 is 9.59 Å². The molecular weight excluding hydrogens is 360 g/mol. The first-order chi connectivity index (χ1) is 13.9. The molecule has 1 N–H and O–H groups in total. The number of hydrogen-bond donors (Lipinski definition) is 1. The monoisotopic (exact) mass is 390 g/mol. The normalized spacial score (nSPS) is 31.1. The topological polar surface area (TPSA) is 53.2 Å². The molecule has 2 fully saturated rings. The van der Waals surface area contributed by atoms with Crippen molar-refractivity contribution in [3.63, 3.8) is 0 Å². The van der Waals surface area contributed by atoms with E-state index in [1.54, 1.807) is 0 Å². The summed E-state index contributed by atoms with van der Waals surface area (Å²) < 4.78 is 0. The minimum Gasteiger partial charge on any atom is -0.362 e. The lowest BCUT2D eigenvalue weighted by atomic mass is 9.58. The fourth-order valence-electron chi connectivity index (χ4n) is 6.19. The van der Waals surface area contributed by atoms with Gasteiger partial charge in [0.2, 0.25) is 11.8 Å². The van der Waals surface area contributed by atoms with Crippen LogP contribution in [0.3, 0.4) is 0 Å². The summed E-state index contributed by atoms with van der Waals surface area (Å²) in [5.74, 6) is 1.26. The van der Waals surface area contributed by atoms with Gasteiger partial charge in [0.15, 0.2) is 0 Å². The minimum absolute atomic E-state index is 0.00719. The molecule has 0 bridgehead atoms. The quantitative estimate of drug-likeness (QED) is 0.728. The van der Waals surface area contributed by atoms with Crippen LogP contribution in [0.1, 0.15) is 67.5 Å². The molecule has 1 saturated heterocycles. The van der Waals surface area contributed by atoms with Crippen LogP contribution in [0, 0.1) is 37.5 Å². The van der Waals surface area contributed by atoms with Crippen molar-refractivity contribution in [1.29, 1.82) is 0 Å². The standard InChI is InChI=1S/C25H30N2O2/c1-13(2)16-7-10-18-19(12-16)21-22(20-11-15(4)26-23(18)20)25(29)27(24(21)28)17-8-5-14(3)6-9-17/h5-6,8-9,11,13,16,18-19,21-22,26H,7,10,12H2,1-4H3/t16?,18-,19+,21+,22-/m1/s1. The molecule has 0 spiro atoms. The van der Waals surface area contributed by atoms with Gasteiger partial charge in [-0.3, -0.25) is 9.59 Å². The summed E-state index contributed by atoms with van der Waals surface area (Å²) in [5, 5.41) is 0. The number of nitrogens with zero attached hydrogens (tertiary/aromatic N) is 1. The highest BCUT2D eigenvalue weighted by Crippen LogP contribution is 2.57. The molecule has 2 aliphatic carbocycles. The van der Waals surface area contributed by atoms with Gasteiger partial charge < -0.3 is 4.98 Å². The van der Waals surface area contributed by atoms with E-state index >= 15 is 0 Å². The number of aromatic amines is 1. The fraction of sp³-hybridized carbons (Fsp3) is 0.520. The Bertz CT molecular complexity index is 971. The average Bonchev–Trinajstić information content (AvgIpc) is 3.20. The van der Waals surface area contributed by atoms with Crippen molar-refractivity contribution in [1.82, 2.24) is 4.98 Å². The summed E-state index contributed by atoms with van der Waals surface area (Å²) in [6.45, 7) is 8.65. The maximum absolute atomic E-state index is 13.7. The molecule has 1 unspecified atom stereocenters. The molecule has 2 heterocycles. The van der Waals surface area contributed by atoms with Gasteiger partial charge in [-0.2, -0.15) is 0 Å². The van der Waals surface area contributed by atoms with Gasteiger partial charge in [-0.05, 0) is 74.6 Å². The smallest absolute Gasteiger partial charge is 0.242 e. The maximum Gasteiger partial charge on any atom is 0.242 e. The number of rotatable bonds is 2. The van der Waals surface area contributed by atoms with Gasteiger partial charge >= 0.3 is 0 Å². The van der Waals surface area contributed by atoms with E-state index in [9.17, 15) is 9.59 Å². The maximum atomic E-state index is 13.7. The fourth-order valence-corrected chi connectivity index (χ4v) is 6.19. The second-order valence-corrected chi connectivity index (χ2v) is 9.76. The Labute approximate surface area is 172 Å². The number of anilines is 1. The first kappa shape index (κ1) is 18.7. The van der Waals surface area contributed by atoms with Crippen molar-refractivity contribution in [2.24, 2.45) is 23.7 Å². The van der Waals surface area contributed by atoms with Crippen molar-refractivity contribution >= 4 is 17.5 Å². The Kier molecular flexibility index (Phi) is 4.23. The Morgan fingerprint density at radius 1 is 1.03 bits per heavy atom. The Morgan fingerprint density at radius 3 is 2.45 bits per heavy atom. The van der Waals surface area contributed by atoms with Crippen LogP contribution in [0.25, 0.3) is 0 Å². The van der Waals surface area contributed by atoms with E-state index in [4.69, 9.17) is 0 Å². The van der Waals surface area contributed by atoms with Crippen molar-refractivity contribution in [2.75, 3.05) is 4.90 Å². The van der Waals surface area contributed by atoms with Crippen LogP contribution in [0.15, 0.2) is 30.3 Å². The van der Waals surface area contributed by atoms with Crippen LogP contribution >= 0.6 is 0 Å². The summed E-state index contributed by atoms with van der Waals surface area (Å²) in [7, 11) is 0. The van der Waals surface area contributed by atoms with Crippen LogP contribution in [0.2, 0.25) is 0 Å². The lowest BCUT2D eigenvalue weighted by molar-refractivity contribution is -0.123. The highest BCUT2D eigenvalue weighted by atomic mass is 16.2. The van der Waals surface area contributed by atoms with Crippen molar-refractivity contribution in [3.8, 4) is 0 Å². The lowest BCUT2D eigenvalue weighted by Crippen LogP contribution is -2.40. The first-order valence-electron chi connectivity index (χ1n) is 11.0. The minimum atomic E-state index is -0.337. The summed E-state index contributed by atoms with van der Waals surface area (Å²) in [6, 6.07) is 9.87. The predicted molar refractivity (Wildman–Crippen MR) is 114 cm³/mol. The third kappa shape index (κ3) is 2.72.